The number of amides is 1. The van der Waals surface area contributed by atoms with E-state index in [1.54, 1.807) is 44.0 Å². The van der Waals surface area contributed by atoms with Crippen molar-refractivity contribution in [2.45, 2.75) is 76.2 Å². The second kappa shape index (κ2) is 14.6. The maximum absolute atomic E-state index is 15.1. The van der Waals surface area contributed by atoms with Crippen LogP contribution in [-0.2, 0) is 9.59 Å². The van der Waals surface area contributed by atoms with Gasteiger partial charge in [-0.3, -0.25) is 14.5 Å². The molecule has 1 aromatic heterocycles. The van der Waals surface area contributed by atoms with Crippen LogP contribution in [0.25, 0.3) is 10.8 Å². The lowest BCUT2D eigenvalue weighted by atomic mass is 9.95. The molecule has 2 fully saturated rings. The summed E-state index contributed by atoms with van der Waals surface area (Å²) in [7, 11) is 3.61. The Morgan fingerprint density at radius 2 is 2.02 bits per heavy atom. The summed E-state index contributed by atoms with van der Waals surface area (Å²) in [5.74, 6) is 1.64. The topological polar surface area (TPSA) is 115 Å². The fourth-order valence-electron chi connectivity index (χ4n) is 7.31. The highest BCUT2D eigenvalue weighted by Gasteiger charge is 2.42. The van der Waals surface area contributed by atoms with Gasteiger partial charge in [0.15, 0.2) is 11.9 Å². The minimum atomic E-state index is -0.987. The number of benzene rings is 2. The van der Waals surface area contributed by atoms with Crippen LogP contribution >= 0.6 is 0 Å². The number of carbonyl (C=O) groups excluding carboxylic acids is 2. The lowest BCUT2D eigenvalue weighted by molar-refractivity contribution is -0.137. The Balaban J connectivity index is 1.39. The highest BCUT2D eigenvalue weighted by Crippen LogP contribution is 2.44. The Labute approximate surface area is 302 Å². The summed E-state index contributed by atoms with van der Waals surface area (Å²) in [5, 5.41) is 4.34. The highest BCUT2D eigenvalue weighted by molar-refractivity contribution is 5.93. The van der Waals surface area contributed by atoms with Gasteiger partial charge in [-0.2, -0.15) is 9.97 Å². The number of likely N-dealkylation sites (tertiary alicyclic amines) is 1. The molecule has 1 saturated heterocycles. The number of halogens is 2. The lowest BCUT2D eigenvalue weighted by Gasteiger charge is -2.39. The molecular weight excluding hydrogens is 672 g/mol. The molecule has 0 radical (unpaired) electrons. The highest BCUT2D eigenvalue weighted by atomic mass is 19.1. The van der Waals surface area contributed by atoms with Gasteiger partial charge in [-0.1, -0.05) is 45.3 Å². The van der Waals surface area contributed by atoms with E-state index >= 15 is 4.39 Å². The molecule has 2 aliphatic heterocycles. The van der Waals surface area contributed by atoms with Gasteiger partial charge in [0, 0.05) is 37.5 Å². The normalized spacial score (nSPS) is 22.2. The first-order valence-electron chi connectivity index (χ1n) is 17.6. The van der Waals surface area contributed by atoms with Crippen molar-refractivity contribution in [1.82, 2.24) is 19.8 Å². The van der Waals surface area contributed by atoms with Gasteiger partial charge >= 0.3 is 12.0 Å². The molecule has 3 heterocycles. The molecule has 2 aromatic carbocycles. The number of rotatable bonds is 11. The predicted molar refractivity (Wildman–Crippen MR) is 192 cm³/mol. The fraction of sp³-hybridized carbons (Fsp3) is 0.487. The van der Waals surface area contributed by atoms with Crippen molar-refractivity contribution < 1.29 is 37.3 Å². The number of alkyl halides is 1. The third-order valence-corrected chi connectivity index (χ3v) is 10.6. The molecule has 0 bridgehead atoms. The second-order valence-electron chi connectivity index (χ2n) is 14.5. The van der Waals surface area contributed by atoms with Crippen LogP contribution < -0.4 is 24.3 Å². The van der Waals surface area contributed by atoms with E-state index in [9.17, 15) is 14.0 Å². The number of terminal acetylenes is 1. The first-order chi connectivity index (χ1) is 24.8. The van der Waals surface area contributed by atoms with Crippen molar-refractivity contribution in [3.63, 3.8) is 0 Å². The number of nitrogens with one attached hydrogen (secondary N) is 1. The van der Waals surface area contributed by atoms with Crippen LogP contribution in [0.3, 0.4) is 0 Å². The number of nitrogens with zero attached hydrogens (tertiary/aromatic N) is 4. The summed E-state index contributed by atoms with van der Waals surface area (Å²) in [6.07, 6.45) is 8.99. The summed E-state index contributed by atoms with van der Waals surface area (Å²) < 4.78 is 54.1. The number of anilines is 1. The van der Waals surface area contributed by atoms with E-state index in [1.807, 2.05) is 18.9 Å². The van der Waals surface area contributed by atoms with E-state index < -0.39 is 41.1 Å². The molecule has 1 amide bonds. The van der Waals surface area contributed by atoms with Crippen molar-refractivity contribution in [3.05, 3.63) is 53.9 Å². The summed E-state index contributed by atoms with van der Waals surface area (Å²) in [6.45, 7) is 9.72. The van der Waals surface area contributed by atoms with Crippen LogP contribution in [0.5, 0.6) is 23.4 Å². The Morgan fingerprint density at radius 1 is 1.27 bits per heavy atom. The maximum Gasteiger partial charge on any atom is 0.322 e. The second-order valence-corrected chi connectivity index (χ2v) is 14.5. The number of hydrogen-bond donors (Lipinski definition) is 1. The number of hydrogen-bond acceptors (Lipinski definition) is 10. The molecule has 6 rings (SSSR count). The zero-order chi connectivity index (χ0) is 37.4. The van der Waals surface area contributed by atoms with Gasteiger partial charge in [-0.25, -0.2) is 8.78 Å². The van der Waals surface area contributed by atoms with Gasteiger partial charge in [0.2, 0.25) is 11.7 Å². The fourth-order valence-corrected chi connectivity index (χ4v) is 7.31. The zero-order valence-corrected chi connectivity index (χ0v) is 30.3. The molecule has 1 unspecified atom stereocenters. The first kappa shape index (κ1) is 36.8. The predicted octanol–water partition coefficient (Wildman–Crippen LogP) is 6.00. The minimum Gasteiger partial charge on any atom is -0.481 e. The molecule has 11 nitrogen and oxygen atoms in total. The standard InChI is InChI=1S/C39H45F2N5O6/c1-8-27-29(41)13-12-24-16-26(51-36(48)23(3)4)17-28(32(24)27)30-20-49-33-34(42-21-39(14-10-11-15-39)46(7)31(47)9-2)43-37(44-35(33)52-30)50-22-38(5)18-25(40)19-45(38)6/h1,9,12-13,16-17,23,25,30H,2,10-11,14-15,18-22H2,3-7H3,(H,42,43,44)/t25-,30?,38+/m1/s1. The SMILES string of the molecule is C#Cc1c(F)ccc2cc(OC(=O)C(C)C)cc(C3COc4c(NCC5(N(C)C(=O)C=C)CCCC5)nc(OC[C@]5(C)C[C@@H](F)CN5C)nc4O3)c12. The van der Waals surface area contributed by atoms with Crippen LogP contribution in [0.4, 0.5) is 14.6 Å². The quantitative estimate of drug-likeness (QED) is 0.110. The number of ether oxygens (including phenoxy) is 4. The number of carbonyl (C=O) groups is 2. The van der Waals surface area contributed by atoms with E-state index in [1.165, 1.54) is 12.1 Å². The molecule has 1 aliphatic carbocycles. The van der Waals surface area contributed by atoms with Gasteiger partial charge in [-0.05, 0) is 56.5 Å². The summed E-state index contributed by atoms with van der Waals surface area (Å²) in [5.41, 5.74) is -0.643. The van der Waals surface area contributed by atoms with Crippen molar-refractivity contribution in [3.8, 4) is 35.7 Å². The van der Waals surface area contributed by atoms with E-state index in [0.29, 0.717) is 22.9 Å². The molecule has 3 aromatic rings. The van der Waals surface area contributed by atoms with E-state index in [0.717, 1.165) is 25.7 Å². The Hall–Kier alpha value is -4.96. The molecule has 276 valence electrons. The van der Waals surface area contributed by atoms with Gasteiger partial charge in [0.25, 0.3) is 5.88 Å². The van der Waals surface area contributed by atoms with Gasteiger partial charge in [0.05, 0.1) is 22.6 Å². The Kier molecular flexibility index (Phi) is 10.3. The number of aromatic nitrogens is 2. The van der Waals surface area contributed by atoms with E-state index in [4.69, 9.17) is 25.4 Å². The number of fused-ring (bicyclic) bond motifs is 2. The Morgan fingerprint density at radius 3 is 2.67 bits per heavy atom. The van der Waals surface area contributed by atoms with Crippen LogP contribution in [0.1, 0.15) is 70.1 Å². The van der Waals surface area contributed by atoms with Crippen molar-refractivity contribution in [2.75, 3.05) is 45.7 Å². The monoisotopic (exact) mass is 717 g/mol. The summed E-state index contributed by atoms with van der Waals surface area (Å²) in [4.78, 5) is 38.2. The van der Waals surface area contributed by atoms with Crippen molar-refractivity contribution in [2.24, 2.45) is 5.92 Å². The maximum atomic E-state index is 15.1. The molecule has 3 aliphatic rings. The first-order valence-corrected chi connectivity index (χ1v) is 17.6. The average Bonchev–Trinajstić information content (AvgIpc) is 3.71. The van der Waals surface area contributed by atoms with Gasteiger partial charge in [0.1, 0.15) is 31.0 Å². The van der Waals surface area contributed by atoms with Crippen LogP contribution in [0, 0.1) is 24.1 Å². The van der Waals surface area contributed by atoms with E-state index in [-0.39, 0.29) is 66.9 Å². The number of esters is 1. The molecule has 3 atom stereocenters. The molecule has 52 heavy (non-hydrogen) atoms. The minimum absolute atomic E-state index is 0.0258. The third kappa shape index (κ3) is 7.08. The summed E-state index contributed by atoms with van der Waals surface area (Å²) in [6, 6.07) is 6.02. The van der Waals surface area contributed by atoms with Gasteiger partial charge < -0.3 is 29.2 Å². The molecule has 0 spiro atoms. The van der Waals surface area contributed by atoms with E-state index in [2.05, 4.69) is 27.8 Å². The molecule has 1 N–H and O–H groups in total. The number of likely N-dealkylation sites (N-methyl/N-ethyl adjacent to an activating group) is 2. The Bertz CT molecular complexity index is 1930. The molecule has 13 heteroatoms. The molecular formula is C39H45F2N5O6. The molecule has 1 saturated carbocycles. The van der Waals surface area contributed by atoms with Crippen LogP contribution in [0.15, 0.2) is 36.9 Å². The largest absolute Gasteiger partial charge is 0.481 e. The lowest BCUT2D eigenvalue weighted by Crippen LogP contribution is -2.51. The summed E-state index contributed by atoms with van der Waals surface area (Å²) >= 11 is 0. The average molecular weight is 718 g/mol. The third-order valence-electron chi connectivity index (χ3n) is 10.6. The van der Waals surface area contributed by atoms with Crippen molar-refractivity contribution >= 4 is 28.5 Å². The van der Waals surface area contributed by atoms with Crippen molar-refractivity contribution in [1.29, 1.82) is 0 Å². The smallest absolute Gasteiger partial charge is 0.322 e. The van der Waals surface area contributed by atoms with Crippen LogP contribution in [0.2, 0.25) is 0 Å². The van der Waals surface area contributed by atoms with Crippen LogP contribution in [-0.4, -0.2) is 89.3 Å². The van der Waals surface area contributed by atoms with Gasteiger partial charge in [-0.15, -0.1) is 6.42 Å². The zero-order valence-electron chi connectivity index (χ0n) is 30.3.